The maximum absolute atomic E-state index is 13.2. The highest BCUT2D eigenvalue weighted by Gasteiger charge is 2.38. The number of amides is 1. The number of hydrogen-bond donors (Lipinski definition) is 0. The SMILES string of the molecule is N#CC1=C2SCN(Cc3ccco3)CN2C(=O)C[C@H]1c1ccc(F)cc1. The average Bonchev–Trinajstić information content (AvgIpc) is 3.15. The van der Waals surface area contributed by atoms with Crippen LogP contribution in [0.5, 0.6) is 0 Å². The van der Waals surface area contributed by atoms with E-state index < -0.39 is 0 Å². The lowest BCUT2D eigenvalue weighted by atomic mass is 9.86. The molecule has 1 saturated heterocycles. The van der Waals surface area contributed by atoms with Gasteiger partial charge in [0.25, 0.3) is 0 Å². The summed E-state index contributed by atoms with van der Waals surface area (Å²) >= 11 is 1.49. The molecule has 0 radical (unpaired) electrons. The summed E-state index contributed by atoms with van der Waals surface area (Å²) in [6.07, 6.45) is 1.85. The van der Waals surface area contributed by atoms with Gasteiger partial charge in [-0.3, -0.25) is 14.6 Å². The fourth-order valence-electron chi connectivity index (χ4n) is 3.31. The van der Waals surface area contributed by atoms with Gasteiger partial charge in [-0.05, 0) is 29.8 Å². The molecule has 1 fully saturated rings. The summed E-state index contributed by atoms with van der Waals surface area (Å²) < 4.78 is 18.6. The summed E-state index contributed by atoms with van der Waals surface area (Å²) in [4.78, 5) is 16.5. The Hall–Kier alpha value is -2.56. The van der Waals surface area contributed by atoms with E-state index in [0.29, 0.717) is 29.7 Å². The molecular formula is C19H16FN3O2S. The van der Waals surface area contributed by atoms with Gasteiger partial charge < -0.3 is 4.42 Å². The number of rotatable bonds is 3. The van der Waals surface area contributed by atoms with Crippen molar-refractivity contribution in [2.24, 2.45) is 0 Å². The molecule has 7 heteroatoms. The van der Waals surface area contributed by atoms with Crippen molar-refractivity contribution in [1.82, 2.24) is 9.80 Å². The maximum Gasteiger partial charge on any atom is 0.229 e. The molecule has 1 amide bonds. The van der Waals surface area contributed by atoms with Gasteiger partial charge in [0.1, 0.15) is 11.6 Å². The molecule has 2 aliphatic heterocycles. The van der Waals surface area contributed by atoms with Crippen LogP contribution in [0.3, 0.4) is 0 Å². The first kappa shape index (κ1) is 16.9. The number of hydrogen-bond acceptors (Lipinski definition) is 5. The van der Waals surface area contributed by atoms with Gasteiger partial charge in [0.15, 0.2) is 0 Å². The Balaban J connectivity index is 1.60. The van der Waals surface area contributed by atoms with E-state index in [0.717, 1.165) is 11.3 Å². The van der Waals surface area contributed by atoms with Gasteiger partial charge in [-0.15, -0.1) is 0 Å². The summed E-state index contributed by atoms with van der Waals surface area (Å²) in [5.41, 5.74) is 1.38. The Morgan fingerprint density at radius 1 is 1.31 bits per heavy atom. The van der Waals surface area contributed by atoms with Crippen molar-refractivity contribution in [1.29, 1.82) is 5.26 Å². The first-order chi connectivity index (χ1) is 12.7. The summed E-state index contributed by atoms with van der Waals surface area (Å²) in [5, 5.41) is 10.4. The van der Waals surface area contributed by atoms with E-state index in [4.69, 9.17) is 4.42 Å². The molecule has 0 unspecified atom stereocenters. The molecule has 0 spiro atoms. The number of thioether (sulfide) groups is 1. The number of fused-ring (bicyclic) bond motifs is 1. The van der Waals surface area contributed by atoms with Gasteiger partial charge in [-0.1, -0.05) is 23.9 Å². The topological polar surface area (TPSA) is 60.5 Å². The van der Waals surface area contributed by atoms with Crippen LogP contribution >= 0.6 is 11.8 Å². The van der Waals surface area contributed by atoms with Crippen molar-refractivity contribution < 1.29 is 13.6 Å². The van der Waals surface area contributed by atoms with E-state index in [1.807, 2.05) is 12.1 Å². The lowest BCUT2D eigenvalue weighted by molar-refractivity contribution is -0.132. The number of benzene rings is 1. The molecule has 5 nitrogen and oxygen atoms in total. The molecule has 1 aromatic carbocycles. The van der Waals surface area contributed by atoms with E-state index in [-0.39, 0.29) is 24.1 Å². The maximum atomic E-state index is 13.2. The molecule has 0 N–H and O–H groups in total. The molecule has 0 bridgehead atoms. The summed E-state index contributed by atoms with van der Waals surface area (Å²) in [6, 6.07) is 12.1. The smallest absolute Gasteiger partial charge is 0.229 e. The number of halogens is 1. The number of carbonyl (C=O) groups excluding carboxylic acids is 1. The third-order valence-electron chi connectivity index (χ3n) is 4.58. The predicted octanol–water partition coefficient (Wildman–Crippen LogP) is 3.63. The number of furan rings is 1. The van der Waals surface area contributed by atoms with Gasteiger partial charge in [0.05, 0.1) is 42.0 Å². The van der Waals surface area contributed by atoms with Crippen molar-refractivity contribution in [2.75, 3.05) is 12.5 Å². The number of carbonyl (C=O) groups is 1. The van der Waals surface area contributed by atoms with Crippen molar-refractivity contribution in [3.05, 3.63) is 70.4 Å². The normalized spacial score (nSPS) is 20.8. The van der Waals surface area contributed by atoms with Gasteiger partial charge in [0, 0.05) is 12.3 Å². The Bertz CT molecular complexity index is 887. The third-order valence-corrected chi connectivity index (χ3v) is 5.79. The van der Waals surface area contributed by atoms with Crippen LogP contribution in [0.2, 0.25) is 0 Å². The lowest BCUT2D eigenvalue weighted by Crippen LogP contribution is -2.46. The highest BCUT2D eigenvalue weighted by Crippen LogP contribution is 2.42. The molecular weight excluding hydrogens is 353 g/mol. The highest BCUT2D eigenvalue weighted by atomic mass is 32.2. The minimum absolute atomic E-state index is 0.0232. The second kappa shape index (κ2) is 6.98. The molecule has 1 aromatic heterocycles. The summed E-state index contributed by atoms with van der Waals surface area (Å²) in [5.74, 6) is 0.839. The zero-order valence-electron chi connectivity index (χ0n) is 13.9. The zero-order chi connectivity index (χ0) is 18.1. The summed E-state index contributed by atoms with van der Waals surface area (Å²) in [6.45, 7) is 1.05. The Morgan fingerprint density at radius 3 is 2.81 bits per heavy atom. The van der Waals surface area contributed by atoms with Crippen molar-refractivity contribution in [3.8, 4) is 6.07 Å². The van der Waals surface area contributed by atoms with Crippen LogP contribution in [-0.2, 0) is 11.3 Å². The van der Waals surface area contributed by atoms with E-state index in [9.17, 15) is 14.4 Å². The van der Waals surface area contributed by atoms with Crippen molar-refractivity contribution in [3.63, 3.8) is 0 Å². The van der Waals surface area contributed by atoms with E-state index in [2.05, 4.69) is 11.0 Å². The Morgan fingerprint density at radius 2 is 2.12 bits per heavy atom. The van der Waals surface area contributed by atoms with Crippen molar-refractivity contribution >= 4 is 17.7 Å². The van der Waals surface area contributed by atoms with Crippen molar-refractivity contribution in [2.45, 2.75) is 18.9 Å². The molecule has 1 atom stereocenters. The fraction of sp³-hybridized carbons (Fsp3) is 0.263. The van der Waals surface area contributed by atoms with Gasteiger partial charge in [-0.2, -0.15) is 5.26 Å². The van der Waals surface area contributed by atoms with Crippen LogP contribution in [0, 0.1) is 17.1 Å². The molecule has 2 aliphatic rings. The Kier molecular flexibility index (Phi) is 4.53. The van der Waals surface area contributed by atoms with Crippen LogP contribution in [-0.4, -0.2) is 28.3 Å². The second-order valence-corrected chi connectivity index (χ2v) is 7.22. The zero-order valence-corrected chi connectivity index (χ0v) is 14.7. The van der Waals surface area contributed by atoms with Gasteiger partial charge in [0.2, 0.25) is 5.91 Å². The van der Waals surface area contributed by atoms with Crippen LogP contribution in [0.25, 0.3) is 0 Å². The van der Waals surface area contributed by atoms with E-state index in [1.54, 1.807) is 23.3 Å². The predicted molar refractivity (Wildman–Crippen MR) is 94.8 cm³/mol. The first-order valence-corrected chi connectivity index (χ1v) is 9.22. The lowest BCUT2D eigenvalue weighted by Gasteiger charge is -2.41. The number of nitrogens with zero attached hydrogens (tertiary/aromatic N) is 3. The second-order valence-electron chi connectivity index (χ2n) is 6.28. The first-order valence-electron chi connectivity index (χ1n) is 8.23. The molecule has 0 aliphatic carbocycles. The fourth-order valence-corrected chi connectivity index (χ4v) is 4.45. The molecule has 26 heavy (non-hydrogen) atoms. The standard InChI is InChI=1S/C19H16FN3O2S/c20-14-5-3-13(4-6-14)16-8-18(24)23-11-22(10-15-2-1-7-25-15)12-26-19(23)17(16)9-21/h1-7,16H,8,10-12H2/t16-/m0/s1. The molecule has 4 rings (SSSR count). The van der Waals surface area contributed by atoms with Crippen LogP contribution in [0.15, 0.2) is 57.7 Å². The van der Waals surface area contributed by atoms with Crippen LogP contribution < -0.4 is 0 Å². The van der Waals surface area contributed by atoms with Crippen LogP contribution in [0.4, 0.5) is 4.39 Å². The average molecular weight is 369 g/mol. The molecule has 3 heterocycles. The van der Waals surface area contributed by atoms with Gasteiger partial charge in [-0.25, -0.2) is 4.39 Å². The Labute approximate surface area is 154 Å². The largest absolute Gasteiger partial charge is 0.468 e. The quantitative estimate of drug-likeness (QED) is 0.827. The third kappa shape index (κ3) is 3.14. The molecule has 2 aromatic rings. The minimum atomic E-state index is -0.329. The highest BCUT2D eigenvalue weighted by molar-refractivity contribution is 8.03. The summed E-state index contributed by atoms with van der Waals surface area (Å²) in [7, 11) is 0. The van der Waals surface area contributed by atoms with E-state index >= 15 is 0 Å². The molecule has 132 valence electrons. The van der Waals surface area contributed by atoms with Gasteiger partial charge >= 0.3 is 0 Å². The van der Waals surface area contributed by atoms with Crippen LogP contribution in [0.1, 0.15) is 23.7 Å². The molecule has 0 saturated carbocycles. The number of allylic oxidation sites excluding steroid dienone is 1. The minimum Gasteiger partial charge on any atom is -0.468 e. The number of nitriles is 1. The monoisotopic (exact) mass is 369 g/mol. The van der Waals surface area contributed by atoms with E-state index in [1.165, 1.54) is 23.9 Å².